The van der Waals surface area contributed by atoms with Crippen molar-refractivity contribution < 1.29 is 32.0 Å². The van der Waals surface area contributed by atoms with Crippen molar-refractivity contribution in [2.75, 3.05) is 6.86 Å². The zero-order valence-electron chi connectivity index (χ0n) is 8.03. The van der Waals surface area contributed by atoms with Gasteiger partial charge in [0.15, 0.2) is 0 Å². The second-order valence-corrected chi connectivity index (χ2v) is 2.69. The van der Waals surface area contributed by atoms with E-state index in [4.69, 9.17) is 0 Å². The smallest absolute Gasteiger partial charge is 0.463 e. The van der Waals surface area contributed by atoms with Gasteiger partial charge in [0.1, 0.15) is 5.75 Å². The second-order valence-electron chi connectivity index (χ2n) is 2.69. The molecule has 94 valence electrons. The van der Waals surface area contributed by atoms with Crippen LogP contribution in [0.4, 0.5) is 23.2 Å². The fourth-order valence-electron chi connectivity index (χ4n) is 1.00. The summed E-state index contributed by atoms with van der Waals surface area (Å²) in [5, 5.41) is 10.4. The predicted octanol–water partition coefficient (Wildman–Crippen LogP) is 2.80. The summed E-state index contributed by atoms with van der Waals surface area (Å²) < 4.78 is 55.3. The molecular weight excluding hydrogens is 250 g/mol. The molecule has 0 saturated carbocycles. The summed E-state index contributed by atoms with van der Waals surface area (Å²) in [5.41, 5.74) is -0.895. The van der Waals surface area contributed by atoms with Gasteiger partial charge in [-0.25, -0.2) is 4.39 Å². The minimum Gasteiger partial charge on any atom is -0.463 e. The van der Waals surface area contributed by atoms with Crippen LogP contribution in [0.1, 0.15) is 0 Å². The Morgan fingerprint density at radius 3 is 2.47 bits per heavy atom. The number of nitro groups is 1. The van der Waals surface area contributed by atoms with Crippen LogP contribution in [0.5, 0.6) is 11.5 Å². The van der Waals surface area contributed by atoms with Gasteiger partial charge in [0.25, 0.3) is 0 Å². The summed E-state index contributed by atoms with van der Waals surface area (Å²) >= 11 is 0. The zero-order chi connectivity index (χ0) is 13.1. The molecule has 0 fully saturated rings. The number of benzene rings is 1. The lowest BCUT2D eigenvalue weighted by atomic mass is 10.3. The van der Waals surface area contributed by atoms with E-state index >= 15 is 0 Å². The Labute approximate surface area is 91.7 Å². The Morgan fingerprint density at radius 2 is 2.00 bits per heavy atom. The normalized spacial score (nSPS) is 11.1. The molecule has 0 atom stereocenters. The molecule has 0 radical (unpaired) electrons. The number of nitrogens with zero attached hydrogens (tertiary/aromatic N) is 1. The summed E-state index contributed by atoms with van der Waals surface area (Å²) in [6.45, 7) is -1.27. The van der Waals surface area contributed by atoms with Crippen molar-refractivity contribution in [3.8, 4) is 11.5 Å². The van der Waals surface area contributed by atoms with Gasteiger partial charge in [0.2, 0.25) is 12.6 Å². The van der Waals surface area contributed by atoms with E-state index in [1.807, 2.05) is 0 Å². The summed E-state index contributed by atoms with van der Waals surface area (Å²) in [5.74, 6) is -1.37. The third-order valence-corrected chi connectivity index (χ3v) is 1.57. The van der Waals surface area contributed by atoms with Gasteiger partial charge in [-0.1, -0.05) is 0 Å². The zero-order valence-corrected chi connectivity index (χ0v) is 8.03. The van der Waals surface area contributed by atoms with Gasteiger partial charge < -0.3 is 9.47 Å². The second kappa shape index (κ2) is 4.85. The first-order chi connectivity index (χ1) is 7.83. The van der Waals surface area contributed by atoms with E-state index in [1.54, 1.807) is 0 Å². The lowest BCUT2D eigenvalue weighted by Gasteiger charge is -2.10. The Hall–Kier alpha value is -2.06. The number of halogens is 4. The van der Waals surface area contributed by atoms with Crippen molar-refractivity contribution in [1.29, 1.82) is 0 Å². The average Bonchev–Trinajstić information content (AvgIpc) is 2.15. The number of alkyl halides is 4. The lowest BCUT2D eigenvalue weighted by molar-refractivity contribution is -0.388. The largest absolute Gasteiger partial charge is 0.573 e. The molecule has 0 bridgehead atoms. The highest BCUT2D eigenvalue weighted by atomic mass is 19.4. The van der Waals surface area contributed by atoms with E-state index in [0.717, 1.165) is 12.1 Å². The van der Waals surface area contributed by atoms with Crippen LogP contribution in [0.15, 0.2) is 18.2 Å². The van der Waals surface area contributed by atoms with Crippen LogP contribution >= 0.6 is 0 Å². The summed E-state index contributed by atoms with van der Waals surface area (Å²) in [6.07, 6.45) is -5.08. The first-order valence-electron chi connectivity index (χ1n) is 4.06. The average molecular weight is 255 g/mol. The highest BCUT2D eigenvalue weighted by Gasteiger charge is 2.34. The lowest BCUT2D eigenvalue weighted by Crippen LogP contribution is -2.18. The number of ether oxygens (including phenoxy) is 2. The molecule has 17 heavy (non-hydrogen) atoms. The monoisotopic (exact) mass is 255 g/mol. The van der Waals surface area contributed by atoms with Gasteiger partial charge in [-0.05, 0) is 6.07 Å². The fraction of sp³-hybridized carbons (Fsp3) is 0.250. The van der Waals surface area contributed by atoms with Crippen molar-refractivity contribution in [2.24, 2.45) is 0 Å². The number of rotatable bonds is 4. The quantitative estimate of drug-likeness (QED) is 0.471. The molecule has 0 N–H and O–H groups in total. The Balaban J connectivity index is 3.11. The van der Waals surface area contributed by atoms with Crippen LogP contribution < -0.4 is 9.47 Å². The highest BCUT2D eigenvalue weighted by molar-refractivity contribution is 5.50. The molecule has 0 spiro atoms. The van der Waals surface area contributed by atoms with Crippen LogP contribution in [-0.4, -0.2) is 18.1 Å². The van der Waals surface area contributed by atoms with E-state index in [2.05, 4.69) is 9.47 Å². The number of nitro benzene ring substituents is 1. The fourth-order valence-corrected chi connectivity index (χ4v) is 1.00. The van der Waals surface area contributed by atoms with Gasteiger partial charge in [-0.15, -0.1) is 13.2 Å². The first kappa shape index (κ1) is 13.0. The molecule has 9 heteroatoms. The third kappa shape index (κ3) is 3.78. The van der Waals surface area contributed by atoms with Gasteiger partial charge in [0.05, 0.1) is 4.92 Å². The molecule has 0 unspecified atom stereocenters. The summed E-state index contributed by atoms with van der Waals surface area (Å²) in [6, 6.07) is 2.28. The van der Waals surface area contributed by atoms with Gasteiger partial charge >= 0.3 is 12.0 Å². The standard InChI is InChI=1S/C8H5F4NO4/c9-4-16-5-1-2-6(13(14)15)7(3-5)17-8(10,11)12/h1-3H,4H2. The van der Waals surface area contributed by atoms with E-state index in [0.29, 0.717) is 6.07 Å². The molecule has 0 aliphatic carbocycles. The number of hydrogen-bond acceptors (Lipinski definition) is 4. The van der Waals surface area contributed by atoms with Crippen LogP contribution in [0.25, 0.3) is 0 Å². The maximum atomic E-state index is 11.9. The Bertz CT molecular complexity index is 420. The topological polar surface area (TPSA) is 61.6 Å². The Morgan fingerprint density at radius 1 is 1.35 bits per heavy atom. The predicted molar refractivity (Wildman–Crippen MR) is 46.4 cm³/mol. The molecule has 1 rings (SSSR count). The molecule has 5 nitrogen and oxygen atoms in total. The highest BCUT2D eigenvalue weighted by Crippen LogP contribution is 2.34. The molecule has 0 aliphatic rings. The van der Waals surface area contributed by atoms with Crippen molar-refractivity contribution in [3.05, 3.63) is 28.3 Å². The number of hydrogen-bond donors (Lipinski definition) is 0. The van der Waals surface area contributed by atoms with Crippen molar-refractivity contribution in [3.63, 3.8) is 0 Å². The van der Waals surface area contributed by atoms with E-state index in [-0.39, 0.29) is 5.75 Å². The van der Waals surface area contributed by atoms with E-state index in [9.17, 15) is 27.7 Å². The van der Waals surface area contributed by atoms with Gasteiger partial charge in [0, 0.05) is 12.1 Å². The first-order valence-corrected chi connectivity index (χ1v) is 4.06. The molecule has 0 heterocycles. The van der Waals surface area contributed by atoms with Crippen molar-refractivity contribution in [1.82, 2.24) is 0 Å². The van der Waals surface area contributed by atoms with E-state index in [1.165, 1.54) is 0 Å². The van der Waals surface area contributed by atoms with Crippen LogP contribution in [0, 0.1) is 10.1 Å². The van der Waals surface area contributed by atoms with Crippen molar-refractivity contribution in [2.45, 2.75) is 6.36 Å². The SMILES string of the molecule is O=[N+]([O-])c1ccc(OCF)cc1OC(F)(F)F. The molecule has 1 aromatic rings. The maximum Gasteiger partial charge on any atom is 0.573 e. The Kier molecular flexibility index (Phi) is 3.71. The van der Waals surface area contributed by atoms with Gasteiger partial charge in [-0.3, -0.25) is 10.1 Å². The molecule has 0 aromatic heterocycles. The van der Waals surface area contributed by atoms with E-state index < -0.39 is 29.6 Å². The molecule has 0 amide bonds. The molecule has 0 aliphatic heterocycles. The molecule has 1 aromatic carbocycles. The van der Waals surface area contributed by atoms with Crippen LogP contribution in [-0.2, 0) is 0 Å². The summed E-state index contributed by atoms with van der Waals surface area (Å²) in [4.78, 5) is 9.36. The maximum absolute atomic E-state index is 11.9. The molecular formula is C8H5F4NO4. The minimum absolute atomic E-state index is 0.308. The summed E-state index contributed by atoms with van der Waals surface area (Å²) in [7, 11) is 0. The molecule has 0 saturated heterocycles. The van der Waals surface area contributed by atoms with Crippen molar-refractivity contribution >= 4 is 5.69 Å². The minimum atomic E-state index is -5.08. The third-order valence-electron chi connectivity index (χ3n) is 1.57. The van der Waals surface area contributed by atoms with Crippen LogP contribution in [0.2, 0.25) is 0 Å². The van der Waals surface area contributed by atoms with Gasteiger partial charge in [-0.2, -0.15) is 0 Å². The van der Waals surface area contributed by atoms with Crippen LogP contribution in [0.3, 0.4) is 0 Å².